The minimum absolute atomic E-state index is 0.118. The van der Waals surface area contributed by atoms with Crippen molar-refractivity contribution < 1.29 is 43.1 Å². The number of rotatable bonds is 13. The predicted molar refractivity (Wildman–Crippen MR) is 147 cm³/mol. The molecule has 0 unspecified atom stereocenters. The molecule has 0 spiro atoms. The highest BCUT2D eigenvalue weighted by Gasteiger charge is 2.30. The molecule has 214 valence electrons. The van der Waals surface area contributed by atoms with Gasteiger partial charge in [0.05, 0.1) is 41.5 Å². The summed E-state index contributed by atoms with van der Waals surface area (Å²) in [5, 5.41) is 10.3. The average Bonchev–Trinajstić information content (AvgIpc) is 2.96. The van der Waals surface area contributed by atoms with Crippen molar-refractivity contribution in [1.29, 1.82) is 0 Å². The number of aromatic hydroxyl groups is 1. The molecule has 40 heavy (non-hydrogen) atoms. The highest BCUT2D eigenvalue weighted by molar-refractivity contribution is 5.99. The Labute approximate surface area is 233 Å². The quantitative estimate of drug-likeness (QED) is 0.233. The van der Waals surface area contributed by atoms with Gasteiger partial charge < -0.3 is 33.5 Å². The second kappa shape index (κ2) is 13.5. The Morgan fingerprint density at radius 3 is 1.68 bits per heavy atom. The van der Waals surface area contributed by atoms with Crippen molar-refractivity contribution in [3.8, 4) is 34.5 Å². The number of pyridine rings is 1. The van der Waals surface area contributed by atoms with Gasteiger partial charge in [0, 0.05) is 36.7 Å². The number of Topliss-reactive ketones (excluding diaryl/α,β-unsaturated/α-hetero) is 1. The van der Waals surface area contributed by atoms with Gasteiger partial charge in [0.1, 0.15) is 29.1 Å². The van der Waals surface area contributed by atoms with Crippen molar-refractivity contribution in [3.05, 3.63) is 65.5 Å². The van der Waals surface area contributed by atoms with Crippen molar-refractivity contribution in [3.63, 3.8) is 0 Å². The molecule has 1 heterocycles. The normalized spacial score (nSPS) is 12.3. The molecule has 0 saturated carbocycles. The molecule has 10 nitrogen and oxygen atoms in total. The topological polar surface area (TPSA) is 123 Å². The maximum atomic E-state index is 13.2. The molecule has 0 aliphatic rings. The molecule has 0 radical (unpaired) electrons. The molecule has 10 heteroatoms. The Morgan fingerprint density at radius 1 is 0.775 bits per heavy atom. The third kappa shape index (κ3) is 6.93. The lowest BCUT2D eigenvalue weighted by Crippen LogP contribution is -2.28. The zero-order valence-electron chi connectivity index (χ0n) is 23.7. The zero-order valence-corrected chi connectivity index (χ0v) is 23.7. The number of methoxy groups -OCH3 is 5. The van der Waals surface area contributed by atoms with Crippen LogP contribution in [0.1, 0.15) is 47.8 Å². The van der Waals surface area contributed by atoms with Crippen molar-refractivity contribution in [2.75, 3.05) is 35.5 Å². The van der Waals surface area contributed by atoms with Gasteiger partial charge >= 0.3 is 5.97 Å². The van der Waals surface area contributed by atoms with Crippen LogP contribution >= 0.6 is 0 Å². The number of esters is 1. The van der Waals surface area contributed by atoms with E-state index in [1.165, 1.54) is 19.4 Å². The van der Waals surface area contributed by atoms with Crippen molar-refractivity contribution in [1.82, 2.24) is 4.98 Å². The molecule has 1 N–H and O–H groups in total. The van der Waals surface area contributed by atoms with Crippen LogP contribution in [0.25, 0.3) is 0 Å². The largest absolute Gasteiger partial charge is 0.503 e. The summed E-state index contributed by atoms with van der Waals surface area (Å²) in [5.74, 6) is -0.385. The number of hydrogen-bond donors (Lipinski definition) is 1. The van der Waals surface area contributed by atoms with Gasteiger partial charge in [-0.25, -0.2) is 4.98 Å². The van der Waals surface area contributed by atoms with Crippen molar-refractivity contribution in [2.24, 2.45) is 5.92 Å². The third-order valence-electron chi connectivity index (χ3n) is 6.50. The molecule has 0 aliphatic carbocycles. The predicted octanol–water partition coefficient (Wildman–Crippen LogP) is 4.80. The minimum atomic E-state index is -0.817. The second-order valence-electron chi connectivity index (χ2n) is 9.15. The second-order valence-corrected chi connectivity index (χ2v) is 9.15. The van der Waals surface area contributed by atoms with Crippen LogP contribution in [-0.4, -0.2) is 63.5 Å². The molecule has 0 bridgehead atoms. The summed E-state index contributed by atoms with van der Waals surface area (Å²) < 4.78 is 32.9. The standard InChI is InChI=1S/C30H35NO9/c1-17(10-25(32)28-29(33)26(39-7)8-9-31-28)30(34)40-18(2)27(19-11-21(35-3)15-22(12-19)36-4)20-13-23(37-5)16-24(14-20)38-6/h8-9,11-18,27,33H,10H2,1-7H3/t17-,18+/m1/s1. The van der Waals surface area contributed by atoms with Gasteiger partial charge in [0.2, 0.25) is 0 Å². The summed E-state index contributed by atoms with van der Waals surface area (Å²) in [6, 6.07) is 12.3. The van der Waals surface area contributed by atoms with E-state index in [0.717, 1.165) is 11.1 Å². The molecule has 1 aromatic heterocycles. The van der Waals surface area contributed by atoms with E-state index >= 15 is 0 Å². The van der Waals surface area contributed by atoms with Gasteiger partial charge in [0.25, 0.3) is 0 Å². The maximum absolute atomic E-state index is 13.2. The fraction of sp³-hybridized carbons (Fsp3) is 0.367. The molecule has 0 saturated heterocycles. The number of benzene rings is 2. The molecule has 0 aliphatic heterocycles. The summed E-state index contributed by atoms with van der Waals surface area (Å²) in [7, 11) is 7.59. The molecule has 3 rings (SSSR count). The smallest absolute Gasteiger partial charge is 0.309 e. The molecule has 2 aromatic carbocycles. The lowest BCUT2D eigenvalue weighted by atomic mass is 9.86. The first-order chi connectivity index (χ1) is 19.1. The first-order valence-corrected chi connectivity index (χ1v) is 12.6. The number of nitrogens with zero attached hydrogens (tertiary/aromatic N) is 1. The Kier molecular flexibility index (Phi) is 10.2. The summed E-state index contributed by atoms with van der Waals surface area (Å²) >= 11 is 0. The maximum Gasteiger partial charge on any atom is 0.309 e. The number of carbonyl (C=O) groups is 2. The fourth-order valence-electron chi connectivity index (χ4n) is 4.38. The third-order valence-corrected chi connectivity index (χ3v) is 6.50. The summed E-state index contributed by atoms with van der Waals surface area (Å²) in [5.41, 5.74) is 1.36. The molecule has 2 atom stereocenters. The van der Waals surface area contributed by atoms with E-state index in [1.54, 1.807) is 54.4 Å². The van der Waals surface area contributed by atoms with Crippen LogP contribution in [0, 0.1) is 5.92 Å². The summed E-state index contributed by atoms with van der Waals surface area (Å²) in [6.07, 6.45) is 0.443. The van der Waals surface area contributed by atoms with Gasteiger partial charge in [-0.05, 0) is 42.3 Å². The van der Waals surface area contributed by atoms with E-state index in [4.69, 9.17) is 28.4 Å². The average molecular weight is 554 g/mol. The number of ketones is 1. The number of ether oxygens (including phenoxy) is 6. The lowest BCUT2D eigenvalue weighted by molar-refractivity contribution is -0.153. The van der Waals surface area contributed by atoms with Crippen molar-refractivity contribution in [2.45, 2.75) is 32.3 Å². The van der Waals surface area contributed by atoms with E-state index in [9.17, 15) is 14.7 Å². The summed E-state index contributed by atoms with van der Waals surface area (Å²) in [6.45, 7) is 3.35. The molecular formula is C30H35NO9. The van der Waals surface area contributed by atoms with Crippen molar-refractivity contribution >= 4 is 11.8 Å². The van der Waals surface area contributed by atoms with Crippen LogP contribution in [0.15, 0.2) is 48.7 Å². The fourth-order valence-corrected chi connectivity index (χ4v) is 4.38. The van der Waals surface area contributed by atoms with Crippen LogP contribution < -0.4 is 23.7 Å². The Hall–Kier alpha value is -4.47. The Morgan fingerprint density at radius 2 is 1.25 bits per heavy atom. The van der Waals surface area contributed by atoms with E-state index in [0.29, 0.717) is 23.0 Å². The van der Waals surface area contributed by atoms with Crippen LogP contribution in [0.4, 0.5) is 0 Å². The SMILES string of the molecule is COc1cc(OC)cc(C(c2cc(OC)cc(OC)c2)[C@H](C)OC(=O)[C@H](C)CC(=O)c2nccc(OC)c2O)c1. The van der Waals surface area contributed by atoms with Gasteiger partial charge in [-0.1, -0.05) is 6.92 Å². The Balaban J connectivity index is 1.92. The van der Waals surface area contributed by atoms with E-state index in [1.807, 2.05) is 24.3 Å². The highest BCUT2D eigenvalue weighted by Crippen LogP contribution is 2.38. The lowest BCUT2D eigenvalue weighted by Gasteiger charge is -2.27. The Bertz CT molecular complexity index is 1240. The number of aromatic nitrogens is 1. The van der Waals surface area contributed by atoms with E-state index in [2.05, 4.69) is 4.98 Å². The monoisotopic (exact) mass is 553 g/mol. The van der Waals surface area contributed by atoms with Crippen LogP contribution in [0.5, 0.6) is 34.5 Å². The minimum Gasteiger partial charge on any atom is -0.503 e. The van der Waals surface area contributed by atoms with Gasteiger partial charge in [-0.15, -0.1) is 0 Å². The van der Waals surface area contributed by atoms with E-state index in [-0.39, 0.29) is 23.6 Å². The van der Waals surface area contributed by atoms with Gasteiger partial charge in [-0.2, -0.15) is 0 Å². The van der Waals surface area contributed by atoms with Gasteiger partial charge in [0.15, 0.2) is 23.0 Å². The van der Waals surface area contributed by atoms with Crippen LogP contribution in [0.2, 0.25) is 0 Å². The van der Waals surface area contributed by atoms with Crippen LogP contribution in [-0.2, 0) is 9.53 Å². The molecule has 3 aromatic rings. The van der Waals surface area contributed by atoms with Crippen LogP contribution in [0.3, 0.4) is 0 Å². The molecule has 0 amide bonds. The van der Waals surface area contributed by atoms with E-state index < -0.39 is 29.7 Å². The highest BCUT2D eigenvalue weighted by atomic mass is 16.5. The number of carbonyl (C=O) groups excluding carboxylic acids is 2. The molecule has 0 fully saturated rings. The molecular weight excluding hydrogens is 518 g/mol. The first-order valence-electron chi connectivity index (χ1n) is 12.6. The zero-order chi connectivity index (χ0) is 29.4. The van der Waals surface area contributed by atoms with Gasteiger partial charge in [-0.3, -0.25) is 9.59 Å². The first kappa shape index (κ1) is 30.1. The summed E-state index contributed by atoms with van der Waals surface area (Å²) in [4.78, 5) is 30.0. The number of hydrogen-bond acceptors (Lipinski definition) is 10.